The quantitative estimate of drug-likeness (QED) is 0.927. The third kappa shape index (κ3) is 3.90. The molecule has 1 fully saturated rings. The van der Waals surface area contributed by atoms with Crippen molar-refractivity contribution in [2.24, 2.45) is 5.92 Å². The Balaban J connectivity index is 1.68. The van der Waals surface area contributed by atoms with Crippen LogP contribution in [-0.4, -0.2) is 44.8 Å². The summed E-state index contributed by atoms with van der Waals surface area (Å²) in [6, 6.07) is 9.53. The topological polar surface area (TPSA) is 75.4 Å². The molecule has 0 saturated carbocycles. The monoisotopic (exact) mass is 341 g/mol. The fraction of sp³-hybridized carbons (Fsp3) is 0.421. The van der Waals surface area contributed by atoms with Crippen molar-refractivity contribution in [2.45, 2.75) is 33.2 Å². The zero-order valence-corrected chi connectivity index (χ0v) is 14.6. The minimum absolute atomic E-state index is 0.0939. The van der Waals surface area contributed by atoms with Crippen LogP contribution < -0.4 is 0 Å². The highest BCUT2D eigenvalue weighted by molar-refractivity contribution is 5.94. The zero-order chi connectivity index (χ0) is 18.0. The van der Waals surface area contributed by atoms with E-state index in [0.717, 1.165) is 23.4 Å². The molecule has 1 aromatic heterocycles. The first-order valence-corrected chi connectivity index (χ1v) is 8.56. The number of likely N-dealkylation sites (tertiary alicyclic amines) is 1. The van der Waals surface area contributed by atoms with Gasteiger partial charge in [0.15, 0.2) is 0 Å². The molecule has 0 spiro atoms. The van der Waals surface area contributed by atoms with Gasteiger partial charge in [0.2, 0.25) is 0 Å². The summed E-state index contributed by atoms with van der Waals surface area (Å²) in [5.41, 5.74) is 3.76. The predicted octanol–water partition coefficient (Wildman–Crippen LogP) is 2.49. The Labute approximate surface area is 147 Å². The molecule has 0 bridgehead atoms. The smallest absolute Gasteiger partial charge is 0.308 e. The predicted molar refractivity (Wildman–Crippen MR) is 93.5 cm³/mol. The highest BCUT2D eigenvalue weighted by Crippen LogP contribution is 2.19. The van der Waals surface area contributed by atoms with E-state index >= 15 is 0 Å². The molecule has 0 radical (unpaired) electrons. The largest absolute Gasteiger partial charge is 0.481 e. The number of hydrogen-bond donors (Lipinski definition) is 1. The molecule has 1 N–H and O–H groups in total. The van der Waals surface area contributed by atoms with Crippen LogP contribution in [0, 0.1) is 19.8 Å². The van der Waals surface area contributed by atoms with Crippen molar-refractivity contribution in [2.75, 3.05) is 13.1 Å². The summed E-state index contributed by atoms with van der Waals surface area (Å²) in [4.78, 5) is 25.4. The van der Waals surface area contributed by atoms with Gasteiger partial charge in [-0.05, 0) is 50.5 Å². The number of aliphatic carboxylic acids is 1. The van der Waals surface area contributed by atoms with Crippen molar-refractivity contribution in [3.05, 3.63) is 52.8 Å². The van der Waals surface area contributed by atoms with E-state index in [2.05, 4.69) is 5.10 Å². The number of carbonyl (C=O) groups excluding carboxylic acids is 1. The number of nitrogens with zero attached hydrogens (tertiary/aromatic N) is 3. The summed E-state index contributed by atoms with van der Waals surface area (Å²) >= 11 is 0. The lowest BCUT2D eigenvalue weighted by molar-refractivity contribution is -0.143. The number of benzene rings is 1. The molecule has 1 atom stereocenters. The Hall–Kier alpha value is -2.63. The van der Waals surface area contributed by atoms with Gasteiger partial charge in [-0.25, -0.2) is 0 Å². The van der Waals surface area contributed by atoms with Gasteiger partial charge < -0.3 is 10.0 Å². The van der Waals surface area contributed by atoms with Crippen molar-refractivity contribution in [1.29, 1.82) is 0 Å². The molecule has 1 saturated heterocycles. The third-order valence-electron chi connectivity index (χ3n) is 4.69. The van der Waals surface area contributed by atoms with Gasteiger partial charge in [-0.1, -0.05) is 12.1 Å². The lowest BCUT2D eigenvalue weighted by atomic mass is 9.97. The molecule has 2 heterocycles. The van der Waals surface area contributed by atoms with Crippen LogP contribution in [0.3, 0.4) is 0 Å². The van der Waals surface area contributed by atoms with Gasteiger partial charge in [0.25, 0.3) is 5.91 Å². The SMILES string of the molecule is Cc1cc(C)n(Cc2ccc(C(=O)N3CCCC(C(=O)O)C3)cc2)n1. The number of piperidine rings is 1. The molecular weight excluding hydrogens is 318 g/mol. The van der Waals surface area contributed by atoms with Gasteiger partial charge in [0.05, 0.1) is 18.2 Å². The van der Waals surface area contributed by atoms with Crippen LogP contribution in [-0.2, 0) is 11.3 Å². The van der Waals surface area contributed by atoms with Gasteiger partial charge in [-0.15, -0.1) is 0 Å². The van der Waals surface area contributed by atoms with E-state index in [1.807, 2.05) is 48.9 Å². The van der Waals surface area contributed by atoms with E-state index in [0.29, 0.717) is 31.6 Å². The second-order valence-corrected chi connectivity index (χ2v) is 6.71. The molecule has 1 aliphatic heterocycles. The summed E-state index contributed by atoms with van der Waals surface area (Å²) in [7, 11) is 0. The van der Waals surface area contributed by atoms with E-state index in [1.54, 1.807) is 4.90 Å². The number of aryl methyl sites for hydroxylation is 2. The van der Waals surface area contributed by atoms with Crippen molar-refractivity contribution in [3.63, 3.8) is 0 Å². The Morgan fingerprint density at radius 3 is 2.56 bits per heavy atom. The van der Waals surface area contributed by atoms with Crippen molar-refractivity contribution in [3.8, 4) is 0 Å². The second kappa shape index (κ2) is 7.09. The maximum atomic E-state index is 12.6. The molecule has 132 valence electrons. The molecule has 1 unspecified atom stereocenters. The van der Waals surface area contributed by atoms with Crippen LogP contribution in [0.4, 0.5) is 0 Å². The average molecular weight is 341 g/mol. The first-order chi connectivity index (χ1) is 11.9. The van der Waals surface area contributed by atoms with Crippen LogP contribution in [0.15, 0.2) is 30.3 Å². The standard InChI is InChI=1S/C19H23N3O3/c1-13-10-14(2)22(20-13)11-15-5-7-16(8-6-15)18(23)21-9-3-4-17(12-21)19(24)25/h5-8,10,17H,3-4,9,11-12H2,1-2H3,(H,24,25). The Morgan fingerprint density at radius 2 is 1.96 bits per heavy atom. The third-order valence-corrected chi connectivity index (χ3v) is 4.69. The maximum Gasteiger partial charge on any atom is 0.308 e. The summed E-state index contributed by atoms with van der Waals surface area (Å²) in [5, 5.41) is 13.6. The van der Waals surface area contributed by atoms with Crippen LogP contribution in [0.2, 0.25) is 0 Å². The molecule has 1 aliphatic rings. The van der Waals surface area contributed by atoms with Crippen molar-refractivity contribution in [1.82, 2.24) is 14.7 Å². The Kier molecular flexibility index (Phi) is 4.88. The number of carbonyl (C=O) groups is 2. The van der Waals surface area contributed by atoms with E-state index < -0.39 is 11.9 Å². The van der Waals surface area contributed by atoms with E-state index in [9.17, 15) is 9.59 Å². The first-order valence-electron chi connectivity index (χ1n) is 8.56. The first kappa shape index (κ1) is 17.2. The fourth-order valence-electron chi connectivity index (χ4n) is 3.31. The van der Waals surface area contributed by atoms with Gasteiger partial charge in [-0.3, -0.25) is 14.3 Å². The molecule has 6 nitrogen and oxygen atoms in total. The fourth-order valence-corrected chi connectivity index (χ4v) is 3.31. The number of rotatable bonds is 4. The van der Waals surface area contributed by atoms with Gasteiger partial charge in [0, 0.05) is 24.3 Å². The molecule has 6 heteroatoms. The normalized spacial score (nSPS) is 17.5. The van der Waals surface area contributed by atoms with Gasteiger partial charge >= 0.3 is 5.97 Å². The Bertz CT molecular complexity index is 780. The lowest BCUT2D eigenvalue weighted by Crippen LogP contribution is -2.42. The van der Waals surface area contributed by atoms with Crippen LogP contribution in [0.5, 0.6) is 0 Å². The number of hydrogen-bond acceptors (Lipinski definition) is 3. The summed E-state index contributed by atoms with van der Waals surface area (Å²) in [6.45, 7) is 5.57. The number of carboxylic acid groups (broad SMARTS) is 1. The molecule has 0 aliphatic carbocycles. The lowest BCUT2D eigenvalue weighted by Gasteiger charge is -2.30. The molecule has 1 amide bonds. The molecule has 1 aromatic carbocycles. The van der Waals surface area contributed by atoms with Crippen LogP contribution >= 0.6 is 0 Å². The van der Waals surface area contributed by atoms with Crippen molar-refractivity contribution >= 4 is 11.9 Å². The summed E-state index contributed by atoms with van der Waals surface area (Å²) in [6.07, 6.45) is 1.37. The highest BCUT2D eigenvalue weighted by atomic mass is 16.4. The van der Waals surface area contributed by atoms with E-state index in [1.165, 1.54) is 0 Å². The van der Waals surface area contributed by atoms with Crippen LogP contribution in [0.25, 0.3) is 0 Å². The van der Waals surface area contributed by atoms with Crippen molar-refractivity contribution < 1.29 is 14.7 Å². The molecule has 3 rings (SSSR count). The molecule has 25 heavy (non-hydrogen) atoms. The molecular formula is C19H23N3O3. The average Bonchev–Trinajstić information content (AvgIpc) is 2.92. The maximum absolute atomic E-state index is 12.6. The minimum Gasteiger partial charge on any atom is -0.481 e. The number of aromatic nitrogens is 2. The van der Waals surface area contributed by atoms with E-state index in [4.69, 9.17) is 5.11 Å². The summed E-state index contributed by atoms with van der Waals surface area (Å²) in [5.74, 6) is -1.37. The Morgan fingerprint density at radius 1 is 1.24 bits per heavy atom. The van der Waals surface area contributed by atoms with E-state index in [-0.39, 0.29) is 5.91 Å². The zero-order valence-electron chi connectivity index (χ0n) is 14.6. The minimum atomic E-state index is -0.822. The van der Waals surface area contributed by atoms with Gasteiger partial charge in [-0.2, -0.15) is 5.10 Å². The summed E-state index contributed by atoms with van der Waals surface area (Å²) < 4.78 is 1.94. The second-order valence-electron chi connectivity index (χ2n) is 6.71. The van der Waals surface area contributed by atoms with Crippen LogP contribution in [0.1, 0.15) is 40.2 Å². The highest BCUT2D eigenvalue weighted by Gasteiger charge is 2.28. The number of carboxylic acids is 1. The molecule has 2 aromatic rings. The van der Waals surface area contributed by atoms with Gasteiger partial charge in [0.1, 0.15) is 0 Å². The number of amides is 1.